The van der Waals surface area contributed by atoms with Crippen LogP contribution in [0.2, 0.25) is 5.02 Å². The van der Waals surface area contributed by atoms with Gasteiger partial charge in [-0.15, -0.1) is 0 Å². The Bertz CT molecular complexity index is 521. The van der Waals surface area contributed by atoms with Crippen LogP contribution in [0.1, 0.15) is 26.3 Å². The SMILES string of the molecule is CC(C)(C)OC(=O)NC(Cc1ccc(Cl)cc1)C(=O)C=N. The number of Topliss-reactive ketones (excluding diaryl/α,β-unsaturated/α-hetero) is 1. The molecular weight excluding hydrogens is 292 g/mol. The average molecular weight is 311 g/mol. The molecule has 1 unspecified atom stereocenters. The Balaban J connectivity index is 2.77. The smallest absolute Gasteiger partial charge is 0.408 e. The lowest BCUT2D eigenvalue weighted by molar-refractivity contribution is -0.114. The first-order valence-electron chi connectivity index (χ1n) is 6.49. The number of nitrogens with one attached hydrogen (secondary N) is 2. The van der Waals surface area contributed by atoms with E-state index in [-0.39, 0.29) is 6.42 Å². The van der Waals surface area contributed by atoms with Gasteiger partial charge in [0.15, 0.2) is 5.78 Å². The van der Waals surface area contributed by atoms with Crippen molar-refractivity contribution in [2.45, 2.75) is 38.8 Å². The van der Waals surface area contributed by atoms with Crippen molar-refractivity contribution in [2.75, 3.05) is 0 Å². The van der Waals surface area contributed by atoms with Gasteiger partial charge in [0.2, 0.25) is 0 Å². The predicted octanol–water partition coefficient (Wildman–Crippen LogP) is 2.99. The summed E-state index contributed by atoms with van der Waals surface area (Å²) in [6, 6.07) is 6.11. The largest absolute Gasteiger partial charge is 0.444 e. The van der Waals surface area contributed by atoms with Crippen LogP contribution in [0.15, 0.2) is 24.3 Å². The summed E-state index contributed by atoms with van der Waals surface area (Å²) in [7, 11) is 0. The molecule has 0 saturated carbocycles. The summed E-state index contributed by atoms with van der Waals surface area (Å²) in [5.74, 6) is -0.490. The van der Waals surface area contributed by atoms with Crippen molar-refractivity contribution >= 4 is 29.7 Å². The Morgan fingerprint density at radius 2 is 1.90 bits per heavy atom. The number of amides is 1. The molecule has 0 aliphatic heterocycles. The summed E-state index contributed by atoms with van der Waals surface area (Å²) < 4.78 is 5.12. The number of hydrogen-bond donors (Lipinski definition) is 2. The Morgan fingerprint density at radius 3 is 2.38 bits per heavy atom. The van der Waals surface area contributed by atoms with Gasteiger partial charge in [0.05, 0.1) is 6.21 Å². The summed E-state index contributed by atoms with van der Waals surface area (Å²) in [6.07, 6.45) is 0.277. The maximum atomic E-state index is 11.8. The summed E-state index contributed by atoms with van der Waals surface area (Å²) in [5, 5.41) is 10.2. The molecule has 114 valence electrons. The van der Waals surface area contributed by atoms with Gasteiger partial charge in [-0.1, -0.05) is 23.7 Å². The number of ether oxygens (including phenoxy) is 1. The van der Waals surface area contributed by atoms with Crippen molar-refractivity contribution in [3.05, 3.63) is 34.9 Å². The maximum Gasteiger partial charge on any atom is 0.408 e. The minimum Gasteiger partial charge on any atom is -0.444 e. The van der Waals surface area contributed by atoms with E-state index in [0.717, 1.165) is 5.56 Å². The normalized spacial score (nSPS) is 12.4. The average Bonchev–Trinajstić information content (AvgIpc) is 2.37. The zero-order valence-electron chi connectivity index (χ0n) is 12.3. The second-order valence-electron chi connectivity index (χ2n) is 5.58. The second kappa shape index (κ2) is 7.22. The van der Waals surface area contributed by atoms with E-state index in [1.807, 2.05) is 0 Å². The van der Waals surface area contributed by atoms with Gasteiger partial charge in [-0.25, -0.2) is 4.79 Å². The molecule has 1 atom stereocenters. The molecule has 1 rings (SSSR count). The van der Waals surface area contributed by atoms with Gasteiger partial charge in [-0.2, -0.15) is 0 Å². The molecule has 0 aliphatic rings. The lowest BCUT2D eigenvalue weighted by Crippen LogP contribution is -2.45. The molecule has 0 aromatic heterocycles. The molecule has 0 radical (unpaired) electrons. The van der Waals surface area contributed by atoms with Crippen LogP contribution >= 0.6 is 11.6 Å². The van der Waals surface area contributed by atoms with Gasteiger partial charge in [-0.3, -0.25) is 4.79 Å². The fraction of sp³-hybridized carbons (Fsp3) is 0.400. The molecule has 0 fully saturated rings. The van der Waals surface area contributed by atoms with Gasteiger partial charge in [0, 0.05) is 11.4 Å². The molecule has 1 aromatic carbocycles. The van der Waals surface area contributed by atoms with Crippen LogP contribution < -0.4 is 5.32 Å². The van der Waals surface area contributed by atoms with Crippen LogP contribution in [-0.2, 0) is 16.0 Å². The molecule has 0 aliphatic carbocycles. The van der Waals surface area contributed by atoms with Crippen molar-refractivity contribution in [1.82, 2.24) is 5.32 Å². The first-order chi connectivity index (χ1) is 9.71. The molecule has 0 spiro atoms. The van der Waals surface area contributed by atoms with Crippen molar-refractivity contribution in [3.8, 4) is 0 Å². The first-order valence-corrected chi connectivity index (χ1v) is 6.87. The van der Waals surface area contributed by atoms with Crippen LogP contribution in [0, 0.1) is 5.41 Å². The summed E-state index contributed by atoms with van der Waals surface area (Å²) in [6.45, 7) is 5.21. The molecule has 0 heterocycles. The molecule has 6 heteroatoms. The Labute approximate surface area is 129 Å². The summed E-state index contributed by atoms with van der Waals surface area (Å²) in [4.78, 5) is 23.5. The van der Waals surface area contributed by atoms with Crippen LogP contribution in [-0.4, -0.2) is 29.7 Å². The summed E-state index contributed by atoms with van der Waals surface area (Å²) >= 11 is 5.80. The van der Waals surface area contributed by atoms with Crippen molar-refractivity contribution in [2.24, 2.45) is 0 Å². The standard InChI is InChI=1S/C15H19ClN2O3/c1-15(2,3)21-14(20)18-12(13(19)9-17)8-10-4-6-11(16)7-5-10/h4-7,9,12,17H,8H2,1-3H3,(H,18,20). The van der Waals surface area contributed by atoms with Crippen LogP contribution in [0.25, 0.3) is 0 Å². The van der Waals surface area contributed by atoms with Gasteiger partial charge in [0.25, 0.3) is 0 Å². The lowest BCUT2D eigenvalue weighted by Gasteiger charge is -2.22. The Kier molecular flexibility index (Phi) is 5.90. The minimum absolute atomic E-state index is 0.268. The molecule has 5 nitrogen and oxygen atoms in total. The highest BCUT2D eigenvalue weighted by Crippen LogP contribution is 2.12. The highest BCUT2D eigenvalue weighted by atomic mass is 35.5. The highest BCUT2D eigenvalue weighted by Gasteiger charge is 2.23. The Hall–Kier alpha value is -1.88. The van der Waals surface area contributed by atoms with E-state index in [4.69, 9.17) is 21.7 Å². The van der Waals surface area contributed by atoms with E-state index in [2.05, 4.69) is 5.32 Å². The van der Waals surface area contributed by atoms with E-state index in [1.54, 1.807) is 45.0 Å². The molecule has 1 aromatic rings. The zero-order chi connectivity index (χ0) is 16.0. The maximum absolute atomic E-state index is 11.8. The molecule has 1 amide bonds. The van der Waals surface area contributed by atoms with Crippen LogP contribution in [0.4, 0.5) is 4.79 Å². The number of ketones is 1. The molecule has 2 N–H and O–H groups in total. The third kappa shape index (κ3) is 6.40. The third-order valence-electron chi connectivity index (χ3n) is 2.53. The van der Waals surface area contributed by atoms with E-state index >= 15 is 0 Å². The van der Waals surface area contributed by atoms with Gasteiger partial charge < -0.3 is 15.5 Å². The van der Waals surface area contributed by atoms with Gasteiger partial charge in [-0.05, 0) is 38.5 Å². The van der Waals surface area contributed by atoms with Crippen molar-refractivity contribution in [1.29, 1.82) is 5.41 Å². The van der Waals surface area contributed by atoms with Crippen LogP contribution in [0.3, 0.4) is 0 Å². The molecule has 0 bridgehead atoms. The number of halogens is 1. The van der Waals surface area contributed by atoms with E-state index < -0.39 is 23.5 Å². The Morgan fingerprint density at radius 1 is 1.33 bits per heavy atom. The number of carbonyl (C=O) groups excluding carboxylic acids is 2. The topological polar surface area (TPSA) is 79.2 Å². The molecular formula is C15H19ClN2O3. The second-order valence-corrected chi connectivity index (χ2v) is 6.01. The van der Waals surface area contributed by atoms with Crippen molar-refractivity contribution in [3.63, 3.8) is 0 Å². The number of alkyl carbamates (subject to hydrolysis) is 1. The van der Waals surface area contributed by atoms with Gasteiger partial charge >= 0.3 is 6.09 Å². The van der Waals surface area contributed by atoms with Crippen molar-refractivity contribution < 1.29 is 14.3 Å². The molecule has 0 saturated heterocycles. The van der Waals surface area contributed by atoms with Gasteiger partial charge in [0.1, 0.15) is 11.6 Å². The molecule has 21 heavy (non-hydrogen) atoms. The number of benzene rings is 1. The fourth-order valence-corrected chi connectivity index (χ4v) is 1.76. The predicted molar refractivity (Wildman–Crippen MR) is 82.1 cm³/mol. The third-order valence-corrected chi connectivity index (χ3v) is 2.78. The number of hydrogen-bond acceptors (Lipinski definition) is 4. The fourth-order valence-electron chi connectivity index (χ4n) is 1.63. The van der Waals surface area contributed by atoms with Crippen LogP contribution in [0.5, 0.6) is 0 Å². The van der Waals surface area contributed by atoms with E-state index in [9.17, 15) is 9.59 Å². The number of rotatable bonds is 5. The van der Waals surface area contributed by atoms with E-state index in [0.29, 0.717) is 11.2 Å². The van der Waals surface area contributed by atoms with E-state index in [1.165, 1.54) is 0 Å². The monoisotopic (exact) mass is 310 g/mol. The highest BCUT2D eigenvalue weighted by molar-refractivity contribution is 6.30. The zero-order valence-corrected chi connectivity index (χ0v) is 13.0. The summed E-state index contributed by atoms with van der Waals surface area (Å²) in [5.41, 5.74) is 0.179. The number of carbonyl (C=O) groups is 2. The first kappa shape index (κ1) is 17.2. The quantitative estimate of drug-likeness (QED) is 0.820. The lowest BCUT2D eigenvalue weighted by atomic mass is 10.0. The minimum atomic E-state index is -0.835.